The number of methoxy groups -OCH3 is 1. The molecule has 2 aromatic heterocycles. The summed E-state index contributed by atoms with van der Waals surface area (Å²) in [6.45, 7) is 0. The third-order valence-electron chi connectivity index (χ3n) is 5.06. The molecule has 0 atom stereocenters. The molecule has 1 N–H and O–H groups in total. The Morgan fingerprint density at radius 3 is 2.69 bits per heavy atom. The quantitative estimate of drug-likeness (QED) is 0.711. The van der Waals surface area contributed by atoms with Gasteiger partial charge in [0.2, 0.25) is 0 Å². The zero-order chi connectivity index (χ0) is 20.6. The molecule has 0 radical (unpaired) electrons. The highest BCUT2D eigenvalue weighted by atomic mass is 19.4. The Morgan fingerprint density at radius 2 is 2.00 bits per heavy atom. The van der Waals surface area contributed by atoms with Gasteiger partial charge in [-0.2, -0.15) is 18.3 Å². The number of fused-ring (bicyclic) bond motifs is 1. The highest BCUT2D eigenvalue weighted by Gasteiger charge is 2.36. The highest BCUT2D eigenvalue weighted by Crippen LogP contribution is 2.33. The number of hydrogen-bond acceptors (Lipinski definition) is 4. The van der Waals surface area contributed by atoms with Gasteiger partial charge in [-0.3, -0.25) is 4.79 Å². The van der Waals surface area contributed by atoms with Gasteiger partial charge in [0.25, 0.3) is 5.91 Å². The van der Waals surface area contributed by atoms with Gasteiger partial charge in [0.1, 0.15) is 11.3 Å². The summed E-state index contributed by atoms with van der Waals surface area (Å²) in [5.74, 6) is 0.0285. The Labute approximate surface area is 164 Å². The number of benzene rings is 1. The Morgan fingerprint density at radius 1 is 1.24 bits per heavy atom. The second kappa shape index (κ2) is 7.38. The lowest BCUT2D eigenvalue weighted by molar-refractivity contribution is -0.142. The first-order chi connectivity index (χ1) is 13.9. The third-order valence-corrected chi connectivity index (χ3v) is 5.06. The maximum atomic E-state index is 13.7. The molecule has 1 saturated carbocycles. The number of nitrogens with zero attached hydrogens (tertiary/aromatic N) is 3. The molecule has 0 aliphatic heterocycles. The number of carbonyl (C=O) groups excluding carboxylic acids is 1. The van der Waals surface area contributed by atoms with Gasteiger partial charge in [-0.15, -0.1) is 0 Å². The molecule has 9 heteroatoms. The first kappa shape index (κ1) is 19.2. The maximum absolute atomic E-state index is 13.7. The van der Waals surface area contributed by atoms with Gasteiger partial charge in [-0.25, -0.2) is 9.50 Å². The summed E-state index contributed by atoms with van der Waals surface area (Å²) < 4.78 is 46.9. The molecule has 29 heavy (non-hydrogen) atoms. The minimum absolute atomic E-state index is 0.0205. The SMILES string of the molecule is COc1cccc(-c2cc(C(F)(F)F)n3ncc(C(=O)NC4CCCC4)c3n2)c1. The van der Waals surface area contributed by atoms with Crippen LogP contribution in [0.2, 0.25) is 0 Å². The lowest BCUT2D eigenvalue weighted by Crippen LogP contribution is -2.32. The van der Waals surface area contributed by atoms with Crippen molar-refractivity contribution in [2.45, 2.75) is 37.9 Å². The van der Waals surface area contributed by atoms with Crippen LogP contribution >= 0.6 is 0 Å². The summed E-state index contributed by atoms with van der Waals surface area (Å²) in [6, 6.07) is 7.53. The van der Waals surface area contributed by atoms with E-state index in [0.717, 1.165) is 37.9 Å². The topological polar surface area (TPSA) is 68.5 Å². The van der Waals surface area contributed by atoms with Gasteiger partial charge in [0.05, 0.1) is 19.0 Å². The van der Waals surface area contributed by atoms with Crippen LogP contribution in [0, 0.1) is 0 Å². The van der Waals surface area contributed by atoms with Gasteiger partial charge < -0.3 is 10.1 Å². The lowest BCUT2D eigenvalue weighted by atomic mass is 10.1. The van der Waals surface area contributed by atoms with E-state index in [4.69, 9.17) is 4.74 Å². The Hall–Kier alpha value is -3.10. The average Bonchev–Trinajstić information content (AvgIpc) is 3.36. The zero-order valence-electron chi connectivity index (χ0n) is 15.7. The van der Waals surface area contributed by atoms with Crippen molar-refractivity contribution in [3.63, 3.8) is 0 Å². The van der Waals surface area contributed by atoms with Gasteiger partial charge in [-0.1, -0.05) is 25.0 Å². The largest absolute Gasteiger partial charge is 0.497 e. The van der Waals surface area contributed by atoms with Crippen LogP contribution in [0.25, 0.3) is 16.9 Å². The van der Waals surface area contributed by atoms with E-state index in [0.29, 0.717) is 15.8 Å². The van der Waals surface area contributed by atoms with E-state index in [1.54, 1.807) is 24.3 Å². The van der Waals surface area contributed by atoms with Crippen molar-refractivity contribution in [3.8, 4) is 17.0 Å². The molecule has 1 aliphatic rings. The highest BCUT2D eigenvalue weighted by molar-refractivity contribution is 6.00. The molecular weight excluding hydrogens is 385 g/mol. The summed E-state index contributed by atoms with van der Waals surface area (Å²) in [6.07, 6.45) is 0.242. The standard InChI is InChI=1S/C20H19F3N4O2/c1-29-14-8-4-5-12(9-14)16-10-17(20(21,22)23)27-18(26-16)15(11-24-27)19(28)25-13-6-2-3-7-13/h4-5,8-11,13H,2-3,6-7H2,1H3,(H,25,28). The molecule has 0 spiro atoms. The van der Waals surface area contributed by atoms with E-state index in [1.165, 1.54) is 7.11 Å². The molecule has 0 saturated heterocycles. The van der Waals surface area contributed by atoms with Crippen molar-refractivity contribution in [2.75, 3.05) is 7.11 Å². The molecule has 1 amide bonds. The summed E-state index contributed by atoms with van der Waals surface area (Å²) in [5, 5.41) is 6.67. The number of rotatable bonds is 4. The second-order valence-corrected chi connectivity index (χ2v) is 7.00. The Kier molecular flexibility index (Phi) is 4.89. The number of carbonyl (C=O) groups is 1. The van der Waals surface area contributed by atoms with Gasteiger partial charge in [0, 0.05) is 11.6 Å². The van der Waals surface area contributed by atoms with Crippen molar-refractivity contribution in [1.82, 2.24) is 19.9 Å². The molecule has 6 nitrogen and oxygen atoms in total. The normalized spacial score (nSPS) is 15.0. The lowest BCUT2D eigenvalue weighted by Gasteiger charge is -2.13. The van der Waals surface area contributed by atoms with Crippen LogP contribution in [-0.4, -0.2) is 33.7 Å². The fourth-order valence-corrected chi connectivity index (χ4v) is 3.59. The summed E-state index contributed by atoms with van der Waals surface area (Å²) in [4.78, 5) is 17.0. The minimum atomic E-state index is -4.67. The number of halogens is 3. The summed E-state index contributed by atoms with van der Waals surface area (Å²) in [7, 11) is 1.47. The third kappa shape index (κ3) is 3.76. The van der Waals surface area contributed by atoms with E-state index < -0.39 is 17.8 Å². The van der Waals surface area contributed by atoms with Crippen molar-refractivity contribution < 1.29 is 22.7 Å². The number of hydrogen-bond donors (Lipinski definition) is 1. The molecule has 0 bridgehead atoms. The molecule has 0 unspecified atom stereocenters. The minimum Gasteiger partial charge on any atom is -0.497 e. The van der Waals surface area contributed by atoms with Crippen molar-refractivity contribution >= 4 is 11.6 Å². The number of aromatic nitrogens is 3. The Bertz CT molecular complexity index is 1060. The predicted octanol–water partition coefficient (Wildman–Crippen LogP) is 4.10. The van der Waals surface area contributed by atoms with Crippen LogP contribution in [-0.2, 0) is 6.18 Å². The number of amides is 1. The van der Waals surface area contributed by atoms with Crippen molar-refractivity contribution in [3.05, 3.63) is 47.8 Å². The van der Waals surface area contributed by atoms with Gasteiger partial charge in [-0.05, 0) is 31.0 Å². The van der Waals surface area contributed by atoms with E-state index in [9.17, 15) is 18.0 Å². The van der Waals surface area contributed by atoms with E-state index in [1.807, 2.05) is 0 Å². The van der Waals surface area contributed by atoms with Gasteiger partial charge >= 0.3 is 6.18 Å². The van der Waals surface area contributed by atoms with E-state index in [2.05, 4.69) is 15.4 Å². The first-order valence-corrected chi connectivity index (χ1v) is 9.28. The van der Waals surface area contributed by atoms with Crippen LogP contribution < -0.4 is 10.1 Å². The molecule has 1 aromatic carbocycles. The van der Waals surface area contributed by atoms with Gasteiger partial charge in [0.15, 0.2) is 11.3 Å². The van der Waals surface area contributed by atoms with Crippen molar-refractivity contribution in [1.29, 1.82) is 0 Å². The van der Waals surface area contributed by atoms with Crippen LogP contribution in [0.3, 0.4) is 0 Å². The number of alkyl halides is 3. The maximum Gasteiger partial charge on any atom is 0.433 e. The van der Waals surface area contributed by atoms with E-state index >= 15 is 0 Å². The first-order valence-electron chi connectivity index (χ1n) is 9.28. The molecule has 1 fully saturated rings. The average molecular weight is 404 g/mol. The van der Waals surface area contributed by atoms with Crippen LogP contribution in [0.4, 0.5) is 13.2 Å². The fraction of sp³-hybridized carbons (Fsp3) is 0.350. The second-order valence-electron chi connectivity index (χ2n) is 7.00. The molecular formula is C20H19F3N4O2. The molecule has 1 aliphatic carbocycles. The molecule has 2 heterocycles. The van der Waals surface area contributed by atoms with E-state index in [-0.39, 0.29) is 22.9 Å². The number of ether oxygens (including phenoxy) is 1. The summed E-state index contributed by atoms with van der Waals surface area (Å²) in [5.41, 5.74) is -0.583. The van der Waals surface area contributed by atoms with Crippen molar-refractivity contribution in [2.24, 2.45) is 0 Å². The molecule has 4 rings (SSSR count). The number of nitrogens with one attached hydrogen (secondary N) is 1. The molecule has 3 aromatic rings. The monoisotopic (exact) mass is 404 g/mol. The smallest absolute Gasteiger partial charge is 0.433 e. The van der Waals surface area contributed by atoms with Crippen LogP contribution in [0.5, 0.6) is 5.75 Å². The van der Waals surface area contributed by atoms with Crippen LogP contribution in [0.1, 0.15) is 41.7 Å². The Balaban J connectivity index is 1.83. The fourth-order valence-electron chi connectivity index (χ4n) is 3.59. The summed E-state index contributed by atoms with van der Waals surface area (Å²) >= 11 is 0. The molecule has 152 valence electrons. The van der Waals surface area contributed by atoms with Crippen LogP contribution in [0.15, 0.2) is 36.5 Å². The predicted molar refractivity (Wildman–Crippen MR) is 99.7 cm³/mol. The zero-order valence-corrected chi connectivity index (χ0v) is 15.7.